The minimum absolute atomic E-state index is 0.0196. The Morgan fingerprint density at radius 1 is 1.33 bits per heavy atom. The van der Waals surface area contributed by atoms with E-state index in [4.69, 9.17) is 4.52 Å². The van der Waals surface area contributed by atoms with Crippen LogP contribution in [-0.2, 0) is 6.54 Å². The summed E-state index contributed by atoms with van der Waals surface area (Å²) in [6.45, 7) is 4.62. The lowest BCUT2D eigenvalue weighted by atomic mass is 10.2. The minimum atomic E-state index is -0.401. The monoisotopic (exact) mass is 291 g/mol. The Bertz CT molecular complexity index is 626. The van der Waals surface area contributed by atoms with Gasteiger partial charge in [0.05, 0.1) is 11.5 Å². The first-order chi connectivity index (χ1) is 10.1. The maximum absolute atomic E-state index is 11.3. The van der Waals surface area contributed by atoms with E-state index in [0.29, 0.717) is 29.6 Å². The van der Waals surface area contributed by atoms with Crippen LogP contribution in [0.1, 0.15) is 25.1 Å². The van der Waals surface area contributed by atoms with Crippen LogP contribution in [0.5, 0.6) is 0 Å². The molecule has 0 amide bonds. The van der Waals surface area contributed by atoms with Crippen LogP contribution >= 0.6 is 0 Å². The smallest absolute Gasteiger partial charge is 0.315 e. The Kier molecular flexibility index (Phi) is 4.70. The van der Waals surface area contributed by atoms with Gasteiger partial charge >= 0.3 is 5.69 Å². The van der Waals surface area contributed by atoms with Gasteiger partial charge in [-0.2, -0.15) is 4.98 Å². The molecule has 112 valence electrons. The first kappa shape index (κ1) is 14.8. The summed E-state index contributed by atoms with van der Waals surface area (Å²) >= 11 is 0. The molecular formula is C13H17N5O3. The molecule has 0 spiro atoms. The van der Waals surface area contributed by atoms with E-state index in [0.717, 1.165) is 6.42 Å². The zero-order chi connectivity index (χ0) is 15.2. The van der Waals surface area contributed by atoms with Gasteiger partial charge in [-0.1, -0.05) is 18.1 Å². The van der Waals surface area contributed by atoms with Gasteiger partial charge in [0.2, 0.25) is 5.89 Å². The molecule has 1 aromatic carbocycles. The van der Waals surface area contributed by atoms with Crippen molar-refractivity contribution < 1.29 is 9.45 Å². The highest BCUT2D eigenvalue weighted by Gasteiger charge is 2.19. The van der Waals surface area contributed by atoms with Crippen molar-refractivity contribution in [3.05, 3.63) is 40.0 Å². The molecule has 0 fully saturated rings. The van der Waals surface area contributed by atoms with Gasteiger partial charge in [-0.3, -0.25) is 10.1 Å². The van der Waals surface area contributed by atoms with E-state index in [2.05, 4.69) is 20.8 Å². The van der Waals surface area contributed by atoms with Crippen LogP contribution in [0.25, 0.3) is 0 Å². The number of hydrogen-bond acceptors (Lipinski definition) is 7. The summed E-state index contributed by atoms with van der Waals surface area (Å²) < 4.78 is 4.86. The van der Waals surface area contributed by atoms with Crippen LogP contribution in [-0.4, -0.2) is 21.6 Å². The van der Waals surface area contributed by atoms with E-state index >= 15 is 0 Å². The summed E-state index contributed by atoms with van der Waals surface area (Å²) in [5.74, 6) is 0.911. The predicted octanol–water partition coefficient (Wildman–Crippen LogP) is 2.72. The second kappa shape index (κ2) is 6.69. The van der Waals surface area contributed by atoms with Crippen LogP contribution < -0.4 is 10.6 Å². The van der Waals surface area contributed by atoms with Crippen molar-refractivity contribution in [1.82, 2.24) is 10.1 Å². The molecule has 0 bridgehead atoms. The molecule has 0 saturated carbocycles. The van der Waals surface area contributed by atoms with E-state index in [1.165, 1.54) is 0 Å². The van der Waals surface area contributed by atoms with Crippen LogP contribution in [0.2, 0.25) is 0 Å². The van der Waals surface area contributed by atoms with Crippen LogP contribution in [0, 0.1) is 17.0 Å². The maximum atomic E-state index is 11.3. The largest absolute Gasteiger partial charge is 0.379 e. The normalized spacial score (nSPS) is 10.4. The molecule has 0 radical (unpaired) electrons. The summed E-state index contributed by atoms with van der Waals surface area (Å²) in [5.41, 5.74) is 0.936. The first-order valence-corrected chi connectivity index (χ1v) is 6.66. The number of benzene rings is 1. The van der Waals surface area contributed by atoms with Gasteiger partial charge in [0.15, 0.2) is 5.82 Å². The van der Waals surface area contributed by atoms with E-state index in [1.54, 1.807) is 25.1 Å². The molecule has 21 heavy (non-hydrogen) atoms. The van der Waals surface area contributed by atoms with Crippen LogP contribution in [0.15, 0.2) is 22.7 Å². The lowest BCUT2D eigenvalue weighted by molar-refractivity contribution is -0.383. The van der Waals surface area contributed by atoms with Gasteiger partial charge in [-0.25, -0.2) is 0 Å². The van der Waals surface area contributed by atoms with Gasteiger partial charge in [0.1, 0.15) is 11.4 Å². The van der Waals surface area contributed by atoms with E-state index in [1.807, 2.05) is 6.92 Å². The first-order valence-electron chi connectivity index (χ1n) is 6.66. The van der Waals surface area contributed by atoms with E-state index < -0.39 is 4.92 Å². The Labute approximate surface area is 121 Å². The third-order valence-corrected chi connectivity index (χ3v) is 2.79. The Hall–Kier alpha value is -2.64. The molecule has 0 unspecified atom stereocenters. The highest BCUT2D eigenvalue weighted by molar-refractivity contribution is 5.76. The number of nitro groups is 1. The third kappa shape index (κ3) is 3.68. The minimum Gasteiger partial charge on any atom is -0.379 e. The average molecular weight is 291 g/mol. The quantitative estimate of drug-likeness (QED) is 0.596. The van der Waals surface area contributed by atoms with Gasteiger partial charge in [0, 0.05) is 13.5 Å². The average Bonchev–Trinajstić information content (AvgIpc) is 2.88. The molecule has 0 aliphatic rings. The molecule has 2 N–H and O–H groups in total. The Morgan fingerprint density at radius 2 is 2.05 bits per heavy atom. The second-order valence-corrected chi connectivity index (χ2v) is 4.47. The van der Waals surface area contributed by atoms with Crippen molar-refractivity contribution in [2.24, 2.45) is 0 Å². The molecule has 8 heteroatoms. The maximum Gasteiger partial charge on any atom is 0.315 e. The summed E-state index contributed by atoms with van der Waals surface area (Å²) in [6.07, 6.45) is 0.886. The van der Waals surface area contributed by atoms with Crippen LogP contribution in [0.4, 0.5) is 17.1 Å². The fourth-order valence-corrected chi connectivity index (χ4v) is 1.87. The number of anilines is 2. The summed E-state index contributed by atoms with van der Waals surface area (Å²) in [7, 11) is 0. The van der Waals surface area contributed by atoms with Crippen molar-refractivity contribution in [3.8, 4) is 0 Å². The van der Waals surface area contributed by atoms with Gasteiger partial charge < -0.3 is 15.2 Å². The summed E-state index contributed by atoms with van der Waals surface area (Å²) in [6, 6.07) is 5.11. The number of aryl methyl sites for hydroxylation is 1. The summed E-state index contributed by atoms with van der Waals surface area (Å²) in [4.78, 5) is 14.9. The van der Waals surface area contributed by atoms with Crippen LogP contribution in [0.3, 0.4) is 0 Å². The number of aromatic nitrogens is 2. The van der Waals surface area contributed by atoms with Gasteiger partial charge in [-0.05, 0) is 18.6 Å². The SMILES string of the molecule is CCCNc1cccc(NCc2noc(C)n2)c1[N+](=O)[O-]. The lowest BCUT2D eigenvalue weighted by Gasteiger charge is -2.10. The molecule has 1 aromatic heterocycles. The Morgan fingerprint density at radius 3 is 2.62 bits per heavy atom. The number of nitrogens with zero attached hydrogens (tertiary/aromatic N) is 3. The Balaban J connectivity index is 2.19. The van der Waals surface area contributed by atoms with Crippen molar-refractivity contribution in [2.75, 3.05) is 17.2 Å². The molecule has 2 aromatic rings. The fraction of sp³-hybridized carbons (Fsp3) is 0.385. The van der Waals surface area contributed by atoms with Crippen molar-refractivity contribution in [3.63, 3.8) is 0 Å². The van der Waals surface area contributed by atoms with Crippen molar-refractivity contribution in [1.29, 1.82) is 0 Å². The number of rotatable bonds is 7. The molecular weight excluding hydrogens is 274 g/mol. The molecule has 2 rings (SSSR count). The topological polar surface area (TPSA) is 106 Å². The number of hydrogen-bond donors (Lipinski definition) is 2. The van der Waals surface area contributed by atoms with Gasteiger partial charge in [-0.15, -0.1) is 0 Å². The van der Waals surface area contributed by atoms with E-state index in [-0.39, 0.29) is 12.2 Å². The molecule has 0 saturated heterocycles. The number of nitrogens with one attached hydrogen (secondary N) is 2. The van der Waals surface area contributed by atoms with Gasteiger partial charge in [0.25, 0.3) is 0 Å². The van der Waals surface area contributed by atoms with E-state index in [9.17, 15) is 10.1 Å². The van der Waals surface area contributed by atoms with Crippen molar-refractivity contribution >= 4 is 17.1 Å². The highest BCUT2D eigenvalue weighted by Crippen LogP contribution is 2.32. The second-order valence-electron chi connectivity index (χ2n) is 4.47. The number of nitro benzene ring substituents is 1. The molecule has 8 nitrogen and oxygen atoms in total. The molecule has 0 atom stereocenters. The highest BCUT2D eigenvalue weighted by atomic mass is 16.6. The molecule has 1 heterocycles. The standard InChI is InChI=1S/C13H17N5O3/c1-3-7-14-10-5-4-6-11(13(10)18(19)20)15-8-12-16-9(2)21-17-12/h4-6,14-15H,3,7-8H2,1-2H3. The summed E-state index contributed by atoms with van der Waals surface area (Å²) in [5, 5.41) is 21.1. The fourth-order valence-electron chi connectivity index (χ4n) is 1.87. The molecule has 0 aliphatic carbocycles. The third-order valence-electron chi connectivity index (χ3n) is 2.79. The number of para-hydroxylation sites is 1. The van der Waals surface area contributed by atoms with Crippen molar-refractivity contribution in [2.45, 2.75) is 26.8 Å². The lowest BCUT2D eigenvalue weighted by Crippen LogP contribution is -2.08. The zero-order valence-electron chi connectivity index (χ0n) is 11.9. The zero-order valence-corrected chi connectivity index (χ0v) is 11.9. The predicted molar refractivity (Wildman–Crippen MR) is 78.2 cm³/mol. The molecule has 0 aliphatic heterocycles.